The maximum absolute atomic E-state index is 10.5. The van der Waals surface area contributed by atoms with Crippen molar-refractivity contribution < 1.29 is 8.42 Å². The van der Waals surface area contributed by atoms with Crippen molar-refractivity contribution in [2.24, 2.45) is 5.73 Å². The van der Waals surface area contributed by atoms with Crippen LogP contribution in [-0.4, -0.2) is 19.3 Å². The van der Waals surface area contributed by atoms with Gasteiger partial charge in [-0.3, -0.25) is 5.41 Å². The van der Waals surface area contributed by atoms with Crippen LogP contribution >= 0.6 is 0 Å². The monoisotopic (exact) mass is 148 g/mol. The minimum atomic E-state index is -3.51. The molecule has 0 aromatic heterocycles. The van der Waals surface area contributed by atoms with E-state index in [9.17, 15) is 8.42 Å². The fraction of sp³-hybridized carbons (Fsp3) is 0.250. The molecule has 3 N–H and O–H groups in total. The maximum atomic E-state index is 10.5. The predicted octanol–water partition coefficient (Wildman–Crippen LogP) is -0.519. The van der Waals surface area contributed by atoms with E-state index in [1.54, 1.807) is 0 Å². The summed E-state index contributed by atoms with van der Waals surface area (Å²) >= 11 is 0. The van der Waals surface area contributed by atoms with Crippen molar-refractivity contribution in [1.82, 2.24) is 0 Å². The van der Waals surface area contributed by atoms with Gasteiger partial charge in [0.15, 0.2) is 0 Å². The first-order valence-electron chi connectivity index (χ1n) is 2.18. The topological polar surface area (TPSA) is 84.0 Å². The van der Waals surface area contributed by atoms with Crippen LogP contribution in [0.15, 0.2) is 12.7 Å². The fourth-order valence-corrected chi connectivity index (χ4v) is 0.735. The summed E-state index contributed by atoms with van der Waals surface area (Å²) in [6, 6.07) is 0. The molecule has 0 aromatic carbocycles. The van der Waals surface area contributed by atoms with Crippen LogP contribution in [0.3, 0.4) is 0 Å². The normalized spacial score (nSPS) is 10.7. The molecule has 52 valence electrons. The Morgan fingerprint density at radius 1 is 1.78 bits per heavy atom. The average Bonchev–Trinajstić information content (AvgIpc) is 1.65. The lowest BCUT2D eigenvalue weighted by atomic mass is 10.8. The van der Waals surface area contributed by atoms with Crippen molar-refractivity contribution >= 4 is 15.0 Å². The van der Waals surface area contributed by atoms with Crippen molar-refractivity contribution in [3.05, 3.63) is 12.7 Å². The molecular formula is C4H8N2O2S. The largest absolute Gasteiger partial charge is 0.375 e. The molecule has 5 heteroatoms. The highest BCUT2D eigenvalue weighted by Gasteiger charge is 2.10. The van der Waals surface area contributed by atoms with Crippen LogP contribution < -0.4 is 5.73 Å². The highest BCUT2D eigenvalue weighted by Crippen LogP contribution is 1.86. The molecule has 9 heavy (non-hydrogen) atoms. The van der Waals surface area contributed by atoms with Crippen LogP contribution in [0.2, 0.25) is 0 Å². The Balaban J connectivity index is 4.41. The van der Waals surface area contributed by atoms with E-state index in [2.05, 4.69) is 6.58 Å². The van der Waals surface area contributed by atoms with Gasteiger partial charge in [-0.05, 0) is 0 Å². The Morgan fingerprint density at radius 3 is 2.33 bits per heavy atom. The smallest absolute Gasteiger partial charge is 0.214 e. The number of amidine groups is 1. The molecule has 0 aliphatic rings. The third kappa shape index (κ3) is 2.27. The van der Waals surface area contributed by atoms with Gasteiger partial charge in [0.25, 0.3) is 0 Å². The quantitative estimate of drug-likeness (QED) is 0.314. The van der Waals surface area contributed by atoms with Crippen molar-refractivity contribution in [2.45, 2.75) is 0 Å². The number of nitrogens with one attached hydrogen (secondary N) is 1. The van der Waals surface area contributed by atoms with Gasteiger partial charge in [0, 0.05) is 0 Å². The molecule has 0 fully saturated rings. The Bertz CT molecular complexity index is 217. The summed E-state index contributed by atoms with van der Waals surface area (Å²) in [5.41, 5.74) is 4.70. The van der Waals surface area contributed by atoms with Crippen molar-refractivity contribution in [3.8, 4) is 0 Å². The summed E-state index contributed by atoms with van der Waals surface area (Å²) in [7, 11) is -3.51. The molecule has 0 aliphatic heterocycles. The third-order valence-corrected chi connectivity index (χ3v) is 2.02. The van der Waals surface area contributed by atoms with Crippen LogP contribution in [-0.2, 0) is 9.84 Å². The Labute approximate surface area is 53.8 Å². The van der Waals surface area contributed by atoms with Gasteiger partial charge in [-0.25, -0.2) is 8.42 Å². The Hall–Kier alpha value is -0.840. The molecule has 0 saturated heterocycles. The van der Waals surface area contributed by atoms with Gasteiger partial charge in [0.05, 0.1) is 5.75 Å². The standard InChI is InChI=1S/C4H8N2O2S/c1-2-3-9(7,8)4(5)6/h2H,1,3H2,(H3,5,6). The molecule has 0 aromatic rings. The lowest BCUT2D eigenvalue weighted by molar-refractivity contribution is 0.609. The van der Waals surface area contributed by atoms with Gasteiger partial charge in [-0.2, -0.15) is 0 Å². The summed E-state index contributed by atoms with van der Waals surface area (Å²) < 4.78 is 21.0. The van der Waals surface area contributed by atoms with Crippen LogP contribution in [0, 0.1) is 5.41 Å². The molecule has 0 unspecified atom stereocenters. The van der Waals surface area contributed by atoms with Gasteiger partial charge in [-0.15, -0.1) is 6.58 Å². The van der Waals surface area contributed by atoms with Gasteiger partial charge in [0.2, 0.25) is 15.0 Å². The van der Waals surface area contributed by atoms with Crippen LogP contribution in [0.1, 0.15) is 0 Å². The SMILES string of the molecule is C=CCS(=O)(=O)C(=N)N. The zero-order chi connectivity index (χ0) is 7.49. The molecule has 0 bridgehead atoms. The van der Waals surface area contributed by atoms with Crippen molar-refractivity contribution in [3.63, 3.8) is 0 Å². The molecule has 0 amide bonds. The van der Waals surface area contributed by atoms with Crippen LogP contribution in [0.4, 0.5) is 0 Å². The molecule has 0 aliphatic carbocycles. The first-order chi connectivity index (χ1) is 4.00. The van der Waals surface area contributed by atoms with Crippen molar-refractivity contribution in [1.29, 1.82) is 5.41 Å². The zero-order valence-corrected chi connectivity index (χ0v) is 5.61. The molecule has 4 nitrogen and oxygen atoms in total. The second kappa shape index (κ2) is 2.63. The fourth-order valence-electron chi connectivity index (χ4n) is 0.245. The molecule has 0 atom stereocenters. The van der Waals surface area contributed by atoms with Gasteiger partial charge < -0.3 is 5.73 Å². The summed E-state index contributed by atoms with van der Waals surface area (Å²) in [6.07, 6.45) is 1.19. The lowest BCUT2D eigenvalue weighted by Crippen LogP contribution is -2.24. The summed E-state index contributed by atoms with van der Waals surface area (Å²) in [5.74, 6) is -0.262. The summed E-state index contributed by atoms with van der Waals surface area (Å²) in [6.45, 7) is 3.20. The number of nitrogens with two attached hydrogens (primary N) is 1. The first-order valence-corrected chi connectivity index (χ1v) is 3.83. The van der Waals surface area contributed by atoms with Crippen LogP contribution in [0.5, 0.6) is 0 Å². The number of rotatable bonds is 2. The summed E-state index contributed by atoms with van der Waals surface area (Å²) in [5, 5.41) is 5.74. The minimum absolute atomic E-state index is 0.262. The number of hydrogen-bond acceptors (Lipinski definition) is 3. The summed E-state index contributed by atoms with van der Waals surface area (Å²) in [4.78, 5) is 0. The Kier molecular flexibility index (Phi) is 2.39. The van der Waals surface area contributed by atoms with E-state index in [4.69, 9.17) is 11.1 Å². The lowest BCUT2D eigenvalue weighted by Gasteiger charge is -1.93. The van der Waals surface area contributed by atoms with Gasteiger partial charge in [-0.1, -0.05) is 6.08 Å². The Morgan fingerprint density at radius 2 is 2.22 bits per heavy atom. The highest BCUT2D eigenvalue weighted by molar-refractivity contribution is 8.06. The van der Waals surface area contributed by atoms with Gasteiger partial charge >= 0.3 is 0 Å². The van der Waals surface area contributed by atoms with E-state index in [1.165, 1.54) is 6.08 Å². The number of sulfone groups is 1. The third-order valence-electron chi connectivity index (χ3n) is 0.672. The van der Waals surface area contributed by atoms with E-state index < -0.39 is 15.0 Å². The predicted molar refractivity (Wildman–Crippen MR) is 35.9 cm³/mol. The van der Waals surface area contributed by atoms with E-state index in [-0.39, 0.29) is 5.75 Å². The number of hydrogen-bond donors (Lipinski definition) is 2. The van der Waals surface area contributed by atoms with E-state index >= 15 is 0 Å². The molecule has 0 heterocycles. The molecule has 0 rings (SSSR count). The van der Waals surface area contributed by atoms with E-state index in [0.29, 0.717) is 0 Å². The molecular weight excluding hydrogens is 140 g/mol. The maximum Gasteiger partial charge on any atom is 0.214 e. The molecule has 0 saturated carbocycles. The molecule has 0 radical (unpaired) electrons. The highest BCUT2D eigenvalue weighted by atomic mass is 32.2. The zero-order valence-electron chi connectivity index (χ0n) is 4.79. The van der Waals surface area contributed by atoms with E-state index in [0.717, 1.165) is 0 Å². The first kappa shape index (κ1) is 8.16. The second-order valence-corrected chi connectivity index (χ2v) is 3.44. The minimum Gasteiger partial charge on any atom is -0.375 e. The molecule has 0 spiro atoms. The van der Waals surface area contributed by atoms with Crippen molar-refractivity contribution in [2.75, 3.05) is 5.75 Å². The second-order valence-electron chi connectivity index (χ2n) is 1.43. The average molecular weight is 148 g/mol. The van der Waals surface area contributed by atoms with Crippen LogP contribution in [0.25, 0.3) is 0 Å². The van der Waals surface area contributed by atoms with E-state index in [1.807, 2.05) is 0 Å². The van der Waals surface area contributed by atoms with Gasteiger partial charge in [0.1, 0.15) is 0 Å².